The first-order valence-corrected chi connectivity index (χ1v) is 6.20. The lowest BCUT2D eigenvalue weighted by Crippen LogP contribution is -2.32. The van der Waals surface area contributed by atoms with Gasteiger partial charge in [0.15, 0.2) is 0 Å². The number of carbonyl (C=O) groups is 1. The number of anilines is 1. The summed E-state index contributed by atoms with van der Waals surface area (Å²) in [5, 5.41) is 14.7. The lowest BCUT2D eigenvalue weighted by Gasteiger charge is -2.12. The summed E-state index contributed by atoms with van der Waals surface area (Å²) in [7, 11) is 1.37. The van der Waals surface area contributed by atoms with E-state index in [-0.39, 0.29) is 12.3 Å². The highest BCUT2D eigenvalue weighted by atomic mass is 19.1. The van der Waals surface area contributed by atoms with E-state index in [4.69, 9.17) is 9.15 Å². The number of carbonyl (C=O) groups excluding carboxylic acids is 1. The first-order valence-electron chi connectivity index (χ1n) is 6.20. The van der Waals surface area contributed by atoms with E-state index in [2.05, 4.69) is 10.6 Å². The number of hydrogen-bond acceptors (Lipinski definition) is 4. The number of halogens is 1. The van der Waals surface area contributed by atoms with Gasteiger partial charge in [0.05, 0.1) is 25.6 Å². The number of urea groups is 1. The van der Waals surface area contributed by atoms with E-state index >= 15 is 0 Å². The van der Waals surface area contributed by atoms with Gasteiger partial charge in [0.25, 0.3) is 0 Å². The summed E-state index contributed by atoms with van der Waals surface area (Å²) in [6, 6.07) is 6.44. The number of methoxy groups -OCH3 is 1. The van der Waals surface area contributed by atoms with E-state index in [1.807, 2.05) is 0 Å². The maximum atomic E-state index is 13.0. The topological polar surface area (TPSA) is 83.7 Å². The summed E-state index contributed by atoms with van der Waals surface area (Å²) in [6.45, 7) is -0.0249. The summed E-state index contributed by atoms with van der Waals surface area (Å²) in [5.74, 6) is 0.0949. The van der Waals surface area contributed by atoms with E-state index in [0.29, 0.717) is 11.4 Å². The predicted octanol–water partition coefficient (Wildman–Crippen LogP) is 2.28. The predicted molar refractivity (Wildman–Crippen MR) is 73.6 cm³/mol. The molecule has 0 bridgehead atoms. The molecular weight excluding hydrogens is 279 g/mol. The van der Waals surface area contributed by atoms with Crippen LogP contribution in [0.15, 0.2) is 41.0 Å². The fourth-order valence-electron chi connectivity index (χ4n) is 1.71. The van der Waals surface area contributed by atoms with Crippen molar-refractivity contribution in [3.63, 3.8) is 0 Å². The Labute approximate surface area is 120 Å². The monoisotopic (exact) mass is 294 g/mol. The van der Waals surface area contributed by atoms with Gasteiger partial charge in [-0.05, 0) is 24.3 Å². The fraction of sp³-hybridized carbons (Fsp3) is 0.214. The molecule has 1 aromatic carbocycles. The van der Waals surface area contributed by atoms with Crippen LogP contribution in [0.25, 0.3) is 0 Å². The minimum atomic E-state index is -0.944. The molecule has 7 heteroatoms. The molecule has 1 atom stereocenters. The molecule has 1 heterocycles. The summed E-state index contributed by atoms with van der Waals surface area (Å²) in [4.78, 5) is 11.7. The van der Waals surface area contributed by atoms with E-state index in [9.17, 15) is 14.3 Å². The Morgan fingerprint density at radius 1 is 1.48 bits per heavy atom. The fourth-order valence-corrected chi connectivity index (χ4v) is 1.71. The van der Waals surface area contributed by atoms with Crippen LogP contribution in [0.1, 0.15) is 11.9 Å². The Hall–Kier alpha value is -2.54. The molecule has 0 aliphatic heterocycles. The van der Waals surface area contributed by atoms with Crippen LogP contribution in [-0.2, 0) is 0 Å². The van der Waals surface area contributed by atoms with Crippen LogP contribution in [0, 0.1) is 5.82 Å². The van der Waals surface area contributed by atoms with Gasteiger partial charge < -0.3 is 24.9 Å². The molecule has 0 radical (unpaired) electrons. The Kier molecular flexibility index (Phi) is 4.78. The molecule has 0 aliphatic rings. The van der Waals surface area contributed by atoms with Gasteiger partial charge in [0.1, 0.15) is 23.4 Å². The molecule has 0 saturated carbocycles. The van der Waals surface area contributed by atoms with Gasteiger partial charge in [-0.2, -0.15) is 0 Å². The van der Waals surface area contributed by atoms with Crippen molar-refractivity contribution in [3.05, 3.63) is 48.2 Å². The Bertz CT molecular complexity index is 601. The van der Waals surface area contributed by atoms with Crippen LogP contribution >= 0.6 is 0 Å². The Morgan fingerprint density at radius 3 is 2.95 bits per heavy atom. The maximum absolute atomic E-state index is 13.0. The third kappa shape index (κ3) is 3.96. The second-order valence-corrected chi connectivity index (χ2v) is 4.21. The van der Waals surface area contributed by atoms with E-state index < -0.39 is 18.0 Å². The van der Waals surface area contributed by atoms with E-state index in [1.165, 1.54) is 25.5 Å². The minimum absolute atomic E-state index is 0.0249. The van der Waals surface area contributed by atoms with E-state index in [0.717, 1.165) is 6.07 Å². The number of rotatable bonds is 5. The normalized spacial score (nSPS) is 11.8. The van der Waals surface area contributed by atoms with Crippen LogP contribution < -0.4 is 15.4 Å². The quantitative estimate of drug-likeness (QED) is 0.790. The van der Waals surface area contributed by atoms with Crippen molar-refractivity contribution in [1.82, 2.24) is 5.32 Å². The number of nitrogens with one attached hydrogen (secondary N) is 2. The van der Waals surface area contributed by atoms with Gasteiger partial charge in [0.2, 0.25) is 0 Å². The zero-order valence-corrected chi connectivity index (χ0v) is 11.3. The van der Waals surface area contributed by atoms with Crippen molar-refractivity contribution >= 4 is 11.7 Å². The van der Waals surface area contributed by atoms with Crippen molar-refractivity contribution in [2.24, 2.45) is 0 Å². The molecule has 0 aliphatic carbocycles. The van der Waals surface area contributed by atoms with Crippen LogP contribution in [-0.4, -0.2) is 24.8 Å². The van der Waals surface area contributed by atoms with Crippen LogP contribution in [0.5, 0.6) is 5.75 Å². The number of ether oxygens (including phenoxy) is 1. The molecule has 0 fully saturated rings. The average molecular weight is 294 g/mol. The number of furan rings is 1. The first kappa shape index (κ1) is 14.9. The van der Waals surface area contributed by atoms with Crippen molar-refractivity contribution in [2.45, 2.75) is 6.10 Å². The molecular formula is C14H15FN2O4. The van der Waals surface area contributed by atoms with Crippen LogP contribution in [0.2, 0.25) is 0 Å². The van der Waals surface area contributed by atoms with Gasteiger partial charge in [-0.3, -0.25) is 0 Å². The second-order valence-electron chi connectivity index (χ2n) is 4.21. The smallest absolute Gasteiger partial charge is 0.319 e. The van der Waals surface area contributed by atoms with Gasteiger partial charge >= 0.3 is 6.03 Å². The molecule has 2 aromatic rings. The summed E-state index contributed by atoms with van der Waals surface area (Å²) in [6.07, 6.45) is 0.489. The third-order valence-electron chi connectivity index (χ3n) is 2.74. The van der Waals surface area contributed by atoms with Crippen molar-refractivity contribution < 1.29 is 23.4 Å². The van der Waals surface area contributed by atoms with Gasteiger partial charge in [0, 0.05) is 6.07 Å². The summed E-state index contributed by atoms with van der Waals surface area (Å²) >= 11 is 0. The molecule has 1 aromatic heterocycles. The highest BCUT2D eigenvalue weighted by molar-refractivity contribution is 5.90. The third-order valence-corrected chi connectivity index (χ3v) is 2.74. The minimum Gasteiger partial charge on any atom is -0.494 e. The highest BCUT2D eigenvalue weighted by Crippen LogP contribution is 2.24. The molecule has 6 nitrogen and oxygen atoms in total. The van der Waals surface area contributed by atoms with Crippen molar-refractivity contribution in [3.8, 4) is 5.75 Å². The van der Waals surface area contributed by atoms with Crippen LogP contribution in [0.4, 0.5) is 14.9 Å². The number of aliphatic hydroxyl groups excluding tert-OH is 1. The van der Waals surface area contributed by atoms with Crippen molar-refractivity contribution in [2.75, 3.05) is 19.0 Å². The summed E-state index contributed by atoms with van der Waals surface area (Å²) in [5.41, 5.74) is 0.323. The Balaban J connectivity index is 1.90. The molecule has 0 spiro atoms. The lowest BCUT2D eigenvalue weighted by molar-refractivity contribution is 0.149. The van der Waals surface area contributed by atoms with Gasteiger partial charge in [-0.15, -0.1) is 0 Å². The molecule has 2 rings (SSSR count). The maximum Gasteiger partial charge on any atom is 0.319 e. The second kappa shape index (κ2) is 6.76. The lowest BCUT2D eigenvalue weighted by atomic mass is 10.2. The molecule has 2 amide bonds. The molecule has 112 valence electrons. The number of amides is 2. The highest BCUT2D eigenvalue weighted by Gasteiger charge is 2.13. The zero-order chi connectivity index (χ0) is 15.2. The first-order chi connectivity index (χ1) is 10.1. The van der Waals surface area contributed by atoms with E-state index in [1.54, 1.807) is 12.1 Å². The van der Waals surface area contributed by atoms with Gasteiger partial charge in [-0.25, -0.2) is 9.18 Å². The molecule has 0 saturated heterocycles. The Morgan fingerprint density at radius 2 is 2.29 bits per heavy atom. The zero-order valence-electron chi connectivity index (χ0n) is 11.3. The van der Waals surface area contributed by atoms with Crippen molar-refractivity contribution in [1.29, 1.82) is 0 Å². The molecule has 1 unspecified atom stereocenters. The number of benzene rings is 1. The average Bonchev–Trinajstić information content (AvgIpc) is 3.01. The largest absolute Gasteiger partial charge is 0.494 e. The summed E-state index contributed by atoms with van der Waals surface area (Å²) < 4.78 is 23.0. The molecule has 3 N–H and O–H groups in total. The van der Waals surface area contributed by atoms with Gasteiger partial charge in [-0.1, -0.05) is 0 Å². The van der Waals surface area contributed by atoms with Crippen LogP contribution in [0.3, 0.4) is 0 Å². The standard InChI is InChI=1S/C14H15FN2O4/c1-20-13-7-9(15)4-5-10(13)17-14(19)16-8-11(18)12-3-2-6-21-12/h2-7,11,18H,8H2,1H3,(H2,16,17,19). The SMILES string of the molecule is COc1cc(F)ccc1NC(=O)NCC(O)c1ccco1. The number of hydrogen-bond donors (Lipinski definition) is 3. The number of aliphatic hydroxyl groups is 1. The molecule has 21 heavy (non-hydrogen) atoms.